The van der Waals surface area contributed by atoms with Crippen LogP contribution in [0.3, 0.4) is 0 Å². The van der Waals surface area contributed by atoms with Crippen molar-refractivity contribution in [3.63, 3.8) is 0 Å². The number of likely N-dealkylation sites (tertiary alicyclic amines) is 1. The molecule has 0 saturated carbocycles. The number of aromatic nitrogens is 2. The predicted octanol–water partition coefficient (Wildman–Crippen LogP) is 5.77. The summed E-state index contributed by atoms with van der Waals surface area (Å²) < 4.78 is 0. The van der Waals surface area contributed by atoms with Crippen molar-refractivity contribution in [1.82, 2.24) is 14.9 Å². The molecule has 1 aliphatic rings. The highest BCUT2D eigenvalue weighted by atomic mass is 16.2. The Labute approximate surface area is 235 Å². The summed E-state index contributed by atoms with van der Waals surface area (Å²) in [6, 6.07) is 17.3. The van der Waals surface area contributed by atoms with Gasteiger partial charge in [-0.25, -0.2) is 9.97 Å². The first-order valence-corrected chi connectivity index (χ1v) is 13.7. The van der Waals surface area contributed by atoms with Gasteiger partial charge in [0.15, 0.2) is 0 Å². The first-order chi connectivity index (χ1) is 19.1. The fourth-order valence-electron chi connectivity index (χ4n) is 5.21. The van der Waals surface area contributed by atoms with Gasteiger partial charge in [-0.05, 0) is 96.9 Å². The lowest BCUT2D eigenvalue weighted by Crippen LogP contribution is -2.31. The lowest BCUT2D eigenvalue weighted by molar-refractivity contribution is -0.117. The maximum atomic E-state index is 13.4. The highest BCUT2D eigenvalue weighted by molar-refractivity contribution is 6.06. The highest BCUT2D eigenvalue weighted by Gasteiger charge is 2.22. The van der Waals surface area contributed by atoms with Crippen LogP contribution in [-0.2, 0) is 10.2 Å². The summed E-state index contributed by atoms with van der Waals surface area (Å²) in [5, 5.41) is 7.00. The zero-order chi connectivity index (χ0) is 28.4. The number of carbonyl (C=O) groups excluding carboxylic acids is 2. The number of nitrogens with zero attached hydrogens (tertiary/aromatic N) is 3. The average molecular weight is 537 g/mol. The van der Waals surface area contributed by atoms with Gasteiger partial charge in [0.25, 0.3) is 5.91 Å². The van der Waals surface area contributed by atoms with Gasteiger partial charge in [0, 0.05) is 28.5 Å². The molecule has 8 nitrogen and oxygen atoms in total. The van der Waals surface area contributed by atoms with Gasteiger partial charge in [-0.1, -0.05) is 39.0 Å². The van der Waals surface area contributed by atoms with Crippen LogP contribution in [0.4, 0.5) is 17.3 Å². The van der Waals surface area contributed by atoms with E-state index in [4.69, 9.17) is 5.73 Å². The van der Waals surface area contributed by atoms with Gasteiger partial charge in [-0.3, -0.25) is 14.5 Å². The van der Waals surface area contributed by atoms with Crippen molar-refractivity contribution in [1.29, 1.82) is 0 Å². The zero-order valence-corrected chi connectivity index (χ0v) is 23.5. The van der Waals surface area contributed by atoms with Crippen molar-refractivity contribution in [3.8, 4) is 11.1 Å². The van der Waals surface area contributed by atoms with E-state index in [9.17, 15) is 9.59 Å². The number of nitrogens with two attached hydrogens (primary N) is 1. The molecule has 2 heterocycles. The number of rotatable bonds is 6. The molecule has 5 rings (SSSR count). The quantitative estimate of drug-likeness (QED) is 0.288. The minimum atomic E-state index is -0.226. The Morgan fingerprint density at radius 1 is 0.975 bits per heavy atom. The summed E-state index contributed by atoms with van der Waals surface area (Å²) >= 11 is 0. The molecule has 1 saturated heterocycles. The summed E-state index contributed by atoms with van der Waals surface area (Å²) in [5.41, 5.74) is 12.2. The third-order valence-electron chi connectivity index (χ3n) is 7.33. The molecule has 0 bridgehead atoms. The molecular formula is C32H36N6O2. The van der Waals surface area contributed by atoms with Gasteiger partial charge < -0.3 is 16.4 Å². The molecule has 206 valence electrons. The molecule has 1 fully saturated rings. The number of carbonyl (C=O) groups is 2. The molecule has 0 atom stereocenters. The number of amides is 2. The topological polar surface area (TPSA) is 113 Å². The minimum absolute atomic E-state index is 0.0393. The largest absolute Gasteiger partial charge is 0.368 e. The van der Waals surface area contributed by atoms with Crippen molar-refractivity contribution < 1.29 is 9.59 Å². The first-order valence-electron chi connectivity index (χ1n) is 13.7. The second-order valence-corrected chi connectivity index (χ2v) is 11.5. The summed E-state index contributed by atoms with van der Waals surface area (Å²) in [6.07, 6.45) is 3.97. The van der Waals surface area contributed by atoms with E-state index >= 15 is 0 Å². The Balaban J connectivity index is 1.38. The van der Waals surface area contributed by atoms with Crippen LogP contribution in [0.5, 0.6) is 0 Å². The van der Waals surface area contributed by atoms with Crippen LogP contribution in [0, 0.1) is 6.92 Å². The number of hydrogen-bond donors (Lipinski definition) is 3. The number of nitrogen functional groups attached to an aromatic ring is 1. The molecule has 1 aromatic heterocycles. The van der Waals surface area contributed by atoms with Crippen molar-refractivity contribution in [2.75, 3.05) is 36.0 Å². The average Bonchev–Trinajstić information content (AvgIpc) is 3.41. The summed E-state index contributed by atoms with van der Waals surface area (Å²) in [6.45, 7) is 10.6. The van der Waals surface area contributed by atoms with E-state index < -0.39 is 0 Å². The number of anilines is 3. The Kier molecular flexibility index (Phi) is 7.54. The number of aryl methyl sites for hydroxylation is 1. The molecule has 2 amide bonds. The normalized spacial score (nSPS) is 13.9. The molecule has 40 heavy (non-hydrogen) atoms. The van der Waals surface area contributed by atoms with Crippen LogP contribution >= 0.6 is 0 Å². The molecular weight excluding hydrogens is 500 g/mol. The van der Waals surface area contributed by atoms with Crippen molar-refractivity contribution in [2.45, 2.75) is 46.0 Å². The van der Waals surface area contributed by atoms with Gasteiger partial charge in [-0.2, -0.15) is 0 Å². The van der Waals surface area contributed by atoms with E-state index in [1.807, 2.05) is 61.5 Å². The Hall–Kier alpha value is -4.30. The van der Waals surface area contributed by atoms with Gasteiger partial charge in [0.1, 0.15) is 0 Å². The van der Waals surface area contributed by atoms with Crippen molar-refractivity contribution in [2.24, 2.45) is 0 Å². The van der Waals surface area contributed by atoms with E-state index in [0.717, 1.165) is 64.8 Å². The van der Waals surface area contributed by atoms with Gasteiger partial charge in [-0.15, -0.1) is 0 Å². The second kappa shape index (κ2) is 11.1. The number of nitrogens with one attached hydrogen (secondary N) is 2. The standard InChI is InChI=1S/C32H36N6O2/c1-20-7-8-22(16-25(20)21-9-12-27-23(15-21)18-34-31(33)37-27)30(40)35-24-10-11-26(32(2,3)4)28(17-24)36-29(39)19-38-13-5-6-14-38/h7-12,15-18H,5-6,13-14,19H2,1-4H3,(H,35,40)(H,36,39)(H2,33,34,37). The highest BCUT2D eigenvalue weighted by Crippen LogP contribution is 2.33. The Bertz CT molecular complexity index is 1580. The molecule has 0 unspecified atom stereocenters. The van der Waals surface area contributed by atoms with Crippen LogP contribution in [0.15, 0.2) is 60.8 Å². The molecule has 4 aromatic rings. The van der Waals surface area contributed by atoms with E-state index in [0.29, 0.717) is 17.8 Å². The van der Waals surface area contributed by atoms with E-state index in [2.05, 4.69) is 46.3 Å². The first kappa shape index (κ1) is 27.3. The van der Waals surface area contributed by atoms with E-state index in [1.165, 1.54) is 0 Å². The smallest absolute Gasteiger partial charge is 0.255 e. The van der Waals surface area contributed by atoms with Crippen LogP contribution in [0.2, 0.25) is 0 Å². The summed E-state index contributed by atoms with van der Waals surface area (Å²) in [5.74, 6) is -0.0292. The molecule has 4 N–H and O–H groups in total. The van der Waals surface area contributed by atoms with Crippen LogP contribution in [0.1, 0.15) is 55.1 Å². The van der Waals surface area contributed by atoms with Crippen molar-refractivity contribution >= 4 is 40.0 Å². The second-order valence-electron chi connectivity index (χ2n) is 11.5. The minimum Gasteiger partial charge on any atom is -0.368 e. The van der Waals surface area contributed by atoms with Crippen LogP contribution in [0.25, 0.3) is 22.0 Å². The Morgan fingerprint density at radius 3 is 2.50 bits per heavy atom. The molecule has 0 spiro atoms. The molecule has 0 aliphatic carbocycles. The molecule has 8 heteroatoms. The van der Waals surface area contributed by atoms with Gasteiger partial charge >= 0.3 is 0 Å². The predicted molar refractivity (Wildman–Crippen MR) is 162 cm³/mol. The monoisotopic (exact) mass is 536 g/mol. The van der Waals surface area contributed by atoms with Crippen LogP contribution < -0.4 is 16.4 Å². The number of hydrogen-bond acceptors (Lipinski definition) is 6. The lowest BCUT2D eigenvalue weighted by Gasteiger charge is -2.24. The maximum absolute atomic E-state index is 13.4. The molecule has 0 radical (unpaired) electrons. The summed E-state index contributed by atoms with van der Waals surface area (Å²) in [7, 11) is 0. The van der Waals surface area contributed by atoms with Gasteiger partial charge in [0.05, 0.1) is 12.1 Å². The Morgan fingerprint density at radius 2 is 1.75 bits per heavy atom. The third-order valence-corrected chi connectivity index (χ3v) is 7.33. The van der Waals surface area contributed by atoms with Crippen LogP contribution in [-0.4, -0.2) is 46.3 Å². The number of benzene rings is 3. The number of fused-ring (bicyclic) bond motifs is 1. The zero-order valence-electron chi connectivity index (χ0n) is 23.5. The fraction of sp³-hybridized carbons (Fsp3) is 0.312. The van der Waals surface area contributed by atoms with Crippen molar-refractivity contribution in [3.05, 3.63) is 77.5 Å². The third kappa shape index (κ3) is 6.13. The lowest BCUT2D eigenvalue weighted by atomic mass is 9.85. The van der Waals surface area contributed by atoms with E-state index in [1.54, 1.807) is 6.20 Å². The SMILES string of the molecule is Cc1ccc(C(=O)Nc2ccc(C(C)(C)C)c(NC(=O)CN3CCCC3)c2)cc1-c1ccc2nc(N)ncc2c1. The fourth-order valence-corrected chi connectivity index (χ4v) is 5.21. The summed E-state index contributed by atoms with van der Waals surface area (Å²) in [4.78, 5) is 36.8. The van der Waals surface area contributed by atoms with Gasteiger partial charge in [0.2, 0.25) is 11.9 Å². The maximum Gasteiger partial charge on any atom is 0.255 e. The molecule has 3 aromatic carbocycles. The van der Waals surface area contributed by atoms with E-state index in [-0.39, 0.29) is 23.2 Å². The molecule has 1 aliphatic heterocycles.